The summed E-state index contributed by atoms with van der Waals surface area (Å²) >= 11 is 0. The number of rotatable bonds is 6. The van der Waals surface area contributed by atoms with E-state index in [9.17, 15) is 9.18 Å². The first-order chi connectivity index (χ1) is 13.1. The molecule has 0 fully saturated rings. The lowest BCUT2D eigenvalue weighted by molar-refractivity contribution is -0.115. The number of aryl methyl sites for hydroxylation is 1. The molecule has 7 heteroatoms. The molecule has 0 aliphatic heterocycles. The van der Waals surface area contributed by atoms with Gasteiger partial charge in [0.1, 0.15) is 17.3 Å². The smallest absolute Gasteiger partial charge is 0.225 e. The number of aromatic nitrogens is 3. The molecule has 6 nitrogen and oxygen atoms in total. The molecule has 0 aliphatic carbocycles. The van der Waals surface area contributed by atoms with E-state index in [0.717, 1.165) is 16.7 Å². The fourth-order valence-electron chi connectivity index (χ4n) is 2.63. The summed E-state index contributed by atoms with van der Waals surface area (Å²) < 4.78 is 15.0. The lowest BCUT2D eigenvalue weighted by atomic mass is 10.0. The Morgan fingerprint density at radius 3 is 2.74 bits per heavy atom. The molecule has 1 aromatic carbocycles. The van der Waals surface area contributed by atoms with Crippen molar-refractivity contribution in [1.82, 2.24) is 14.8 Å². The molecule has 1 N–H and O–H groups in total. The van der Waals surface area contributed by atoms with Crippen molar-refractivity contribution in [2.75, 3.05) is 5.32 Å². The molecule has 0 radical (unpaired) electrons. The predicted octanol–water partition coefficient (Wildman–Crippen LogP) is 4.01. The van der Waals surface area contributed by atoms with Gasteiger partial charge in [0.2, 0.25) is 5.91 Å². The van der Waals surface area contributed by atoms with Gasteiger partial charge in [-0.25, -0.2) is 9.37 Å². The van der Waals surface area contributed by atoms with Crippen molar-refractivity contribution in [2.45, 2.75) is 26.3 Å². The number of carbonyl (C=O) groups excluding carboxylic acids is 1. The molecule has 136 valence electrons. The van der Waals surface area contributed by atoms with Gasteiger partial charge in [0, 0.05) is 29.9 Å². The molecule has 0 atom stereocenters. The number of halogens is 1. The Hall–Kier alpha value is -3.53. The highest BCUT2D eigenvalue weighted by Gasteiger charge is 2.14. The normalized spacial score (nSPS) is 10.4. The average molecular weight is 363 g/mol. The van der Waals surface area contributed by atoms with E-state index in [-0.39, 0.29) is 11.7 Å². The van der Waals surface area contributed by atoms with Crippen molar-refractivity contribution in [2.24, 2.45) is 0 Å². The largest absolute Gasteiger partial charge is 0.311 e. The number of amides is 1. The average Bonchev–Trinajstić information content (AvgIpc) is 3.11. The van der Waals surface area contributed by atoms with Gasteiger partial charge in [0.05, 0.1) is 19.0 Å². The van der Waals surface area contributed by atoms with Gasteiger partial charge in [-0.2, -0.15) is 10.4 Å². The van der Waals surface area contributed by atoms with Crippen LogP contribution >= 0.6 is 0 Å². The number of carbonyl (C=O) groups is 1. The zero-order valence-corrected chi connectivity index (χ0v) is 14.8. The van der Waals surface area contributed by atoms with Crippen LogP contribution in [0.2, 0.25) is 0 Å². The summed E-state index contributed by atoms with van der Waals surface area (Å²) in [5, 5.41) is 16.1. The Bertz CT molecular complexity index is 988. The van der Waals surface area contributed by atoms with Crippen LogP contribution in [0.3, 0.4) is 0 Å². The van der Waals surface area contributed by atoms with Crippen LogP contribution in [0.25, 0.3) is 22.4 Å². The second-order valence-corrected chi connectivity index (χ2v) is 5.90. The van der Waals surface area contributed by atoms with Gasteiger partial charge in [0.25, 0.3) is 0 Å². The predicted molar refractivity (Wildman–Crippen MR) is 100 cm³/mol. The van der Waals surface area contributed by atoms with Crippen LogP contribution in [0.4, 0.5) is 10.2 Å². The Labute approximate surface area is 156 Å². The third-order valence-electron chi connectivity index (χ3n) is 3.99. The minimum Gasteiger partial charge on any atom is -0.311 e. The van der Waals surface area contributed by atoms with Crippen LogP contribution in [-0.2, 0) is 11.3 Å². The molecular formula is C20H18FN5O. The Kier molecular flexibility index (Phi) is 5.57. The number of anilines is 1. The van der Waals surface area contributed by atoms with Gasteiger partial charge in [-0.3, -0.25) is 9.48 Å². The molecule has 0 saturated heterocycles. The van der Waals surface area contributed by atoms with E-state index in [0.29, 0.717) is 30.9 Å². The minimum absolute atomic E-state index is 0.122. The van der Waals surface area contributed by atoms with Gasteiger partial charge in [-0.1, -0.05) is 6.92 Å². The van der Waals surface area contributed by atoms with E-state index in [1.807, 2.05) is 12.3 Å². The zero-order valence-electron chi connectivity index (χ0n) is 14.8. The third kappa shape index (κ3) is 4.36. The van der Waals surface area contributed by atoms with E-state index >= 15 is 0 Å². The molecule has 1 amide bonds. The summed E-state index contributed by atoms with van der Waals surface area (Å²) in [7, 11) is 0. The molecule has 3 rings (SSSR count). The number of benzene rings is 1. The number of nitrogens with zero attached hydrogens (tertiary/aromatic N) is 4. The summed E-state index contributed by atoms with van der Waals surface area (Å²) in [4.78, 5) is 15.8. The maximum Gasteiger partial charge on any atom is 0.225 e. The molecule has 27 heavy (non-hydrogen) atoms. The first-order valence-corrected chi connectivity index (χ1v) is 8.57. The Morgan fingerprint density at radius 1 is 1.26 bits per heavy atom. The second kappa shape index (κ2) is 8.23. The number of hydrogen-bond donors (Lipinski definition) is 1. The lowest BCUT2D eigenvalue weighted by Crippen LogP contribution is -2.10. The van der Waals surface area contributed by atoms with Crippen molar-refractivity contribution in [3.63, 3.8) is 0 Å². The van der Waals surface area contributed by atoms with Crippen LogP contribution in [-0.4, -0.2) is 20.7 Å². The van der Waals surface area contributed by atoms with Crippen LogP contribution < -0.4 is 5.32 Å². The van der Waals surface area contributed by atoms with Crippen molar-refractivity contribution >= 4 is 11.7 Å². The van der Waals surface area contributed by atoms with Gasteiger partial charge in [-0.05, 0) is 42.0 Å². The highest BCUT2D eigenvalue weighted by atomic mass is 19.1. The van der Waals surface area contributed by atoms with Crippen LogP contribution in [0.1, 0.15) is 19.8 Å². The first-order valence-electron chi connectivity index (χ1n) is 8.57. The quantitative estimate of drug-likeness (QED) is 0.717. The molecule has 2 aromatic heterocycles. The van der Waals surface area contributed by atoms with Gasteiger partial charge >= 0.3 is 0 Å². The molecule has 0 spiro atoms. The Balaban J connectivity index is 2.04. The number of hydrogen-bond acceptors (Lipinski definition) is 4. The summed E-state index contributed by atoms with van der Waals surface area (Å²) in [6.45, 7) is 2.22. The second-order valence-electron chi connectivity index (χ2n) is 5.90. The molecular weight excluding hydrogens is 345 g/mol. The fraction of sp³-hybridized carbons (Fsp3) is 0.200. The molecule has 3 aromatic rings. The first kappa shape index (κ1) is 18.3. The van der Waals surface area contributed by atoms with E-state index in [1.54, 1.807) is 36.0 Å². The molecule has 0 aliphatic rings. The fourth-order valence-corrected chi connectivity index (χ4v) is 2.63. The standard InChI is InChI=1S/C20H18FN5O/c1-2-19(27)24-18-12-15(8-10-23-18)17-13-26(11-3-9-22)25-20(17)14-4-6-16(21)7-5-14/h4-8,10,12-13H,2-3,11H2,1H3,(H,23,24,27). The van der Waals surface area contributed by atoms with Gasteiger partial charge in [-0.15, -0.1) is 0 Å². The van der Waals surface area contributed by atoms with Crippen molar-refractivity contribution in [3.8, 4) is 28.5 Å². The number of nitriles is 1. The SMILES string of the molecule is CCC(=O)Nc1cc(-c2cn(CCC#N)nc2-c2ccc(F)cc2)ccn1. The Morgan fingerprint density at radius 2 is 2.04 bits per heavy atom. The molecule has 0 saturated carbocycles. The maximum absolute atomic E-state index is 13.3. The molecule has 2 heterocycles. The van der Waals surface area contributed by atoms with E-state index in [4.69, 9.17) is 5.26 Å². The summed E-state index contributed by atoms with van der Waals surface area (Å²) in [5.41, 5.74) is 3.07. The van der Waals surface area contributed by atoms with Crippen LogP contribution in [0.15, 0.2) is 48.8 Å². The third-order valence-corrected chi connectivity index (χ3v) is 3.99. The molecule has 0 bridgehead atoms. The monoisotopic (exact) mass is 363 g/mol. The van der Waals surface area contributed by atoms with Crippen molar-refractivity contribution in [3.05, 3.63) is 54.6 Å². The summed E-state index contributed by atoms with van der Waals surface area (Å²) in [5.74, 6) is 0.00925. The van der Waals surface area contributed by atoms with Crippen molar-refractivity contribution in [1.29, 1.82) is 5.26 Å². The highest BCUT2D eigenvalue weighted by molar-refractivity contribution is 5.90. The number of pyridine rings is 1. The van der Waals surface area contributed by atoms with Gasteiger partial charge in [0.15, 0.2) is 0 Å². The maximum atomic E-state index is 13.3. The molecule has 0 unspecified atom stereocenters. The van der Waals surface area contributed by atoms with Crippen LogP contribution in [0, 0.1) is 17.1 Å². The summed E-state index contributed by atoms with van der Waals surface area (Å²) in [6.07, 6.45) is 4.15. The lowest BCUT2D eigenvalue weighted by Gasteiger charge is -2.06. The summed E-state index contributed by atoms with van der Waals surface area (Å²) in [6, 6.07) is 11.8. The van der Waals surface area contributed by atoms with E-state index in [2.05, 4.69) is 21.5 Å². The zero-order chi connectivity index (χ0) is 19.2. The van der Waals surface area contributed by atoms with E-state index < -0.39 is 0 Å². The van der Waals surface area contributed by atoms with E-state index in [1.165, 1.54) is 12.1 Å². The topological polar surface area (TPSA) is 83.6 Å². The highest BCUT2D eigenvalue weighted by Crippen LogP contribution is 2.32. The minimum atomic E-state index is -0.322. The number of nitrogens with one attached hydrogen (secondary N) is 1. The van der Waals surface area contributed by atoms with Crippen molar-refractivity contribution < 1.29 is 9.18 Å². The van der Waals surface area contributed by atoms with Gasteiger partial charge < -0.3 is 5.32 Å². The van der Waals surface area contributed by atoms with Crippen LogP contribution in [0.5, 0.6) is 0 Å².